The predicted molar refractivity (Wildman–Crippen MR) is 88.3 cm³/mol. The van der Waals surface area contributed by atoms with E-state index in [4.69, 9.17) is 11.6 Å². The Balaban J connectivity index is 1.97. The Hall–Kier alpha value is -1.99. The molecule has 0 aromatic heterocycles. The molecule has 1 aliphatic rings. The first-order valence-corrected chi connectivity index (χ1v) is 7.91. The summed E-state index contributed by atoms with van der Waals surface area (Å²) in [5, 5.41) is 15.7. The highest BCUT2D eigenvalue weighted by molar-refractivity contribution is 6.30. The van der Waals surface area contributed by atoms with Crippen LogP contribution in [0.2, 0.25) is 5.02 Å². The lowest BCUT2D eigenvalue weighted by Gasteiger charge is -2.29. The van der Waals surface area contributed by atoms with Crippen LogP contribution in [0.3, 0.4) is 0 Å². The molecule has 0 bridgehead atoms. The van der Waals surface area contributed by atoms with E-state index >= 15 is 0 Å². The zero-order valence-corrected chi connectivity index (χ0v) is 13.4. The Morgan fingerprint density at radius 3 is 2.64 bits per heavy atom. The number of benzene rings is 1. The number of hydrogen-bond acceptors (Lipinski definition) is 3. The van der Waals surface area contributed by atoms with Crippen molar-refractivity contribution in [3.63, 3.8) is 0 Å². The van der Waals surface area contributed by atoms with E-state index in [0.717, 1.165) is 6.42 Å². The van der Waals surface area contributed by atoms with E-state index in [1.54, 1.807) is 24.3 Å². The fourth-order valence-electron chi connectivity index (χ4n) is 2.63. The molecule has 0 spiro atoms. The van der Waals surface area contributed by atoms with Crippen LogP contribution < -0.4 is 10.6 Å². The second-order valence-corrected chi connectivity index (χ2v) is 6.10. The van der Waals surface area contributed by atoms with Gasteiger partial charge >= 0.3 is 0 Å². The first-order valence-electron chi connectivity index (χ1n) is 7.53. The highest BCUT2D eigenvalue weighted by Crippen LogP contribution is 2.23. The van der Waals surface area contributed by atoms with Crippen LogP contribution in [0.4, 0.5) is 5.69 Å². The number of nitrogens with zero attached hydrogens (tertiary/aromatic N) is 1. The second-order valence-electron chi connectivity index (χ2n) is 5.67. The van der Waals surface area contributed by atoms with E-state index in [-0.39, 0.29) is 5.57 Å². The molecule has 0 aliphatic heterocycles. The number of halogens is 1. The number of nitrogens with one attached hydrogen (secondary N) is 2. The molecule has 4 nitrogen and oxygen atoms in total. The first kappa shape index (κ1) is 16.4. The van der Waals surface area contributed by atoms with Crippen LogP contribution >= 0.6 is 11.6 Å². The van der Waals surface area contributed by atoms with Gasteiger partial charge in [-0.25, -0.2) is 0 Å². The second kappa shape index (κ2) is 7.86. The average molecular weight is 318 g/mol. The molecule has 116 valence electrons. The van der Waals surface area contributed by atoms with E-state index < -0.39 is 5.91 Å². The molecule has 1 aliphatic carbocycles. The fourth-order valence-corrected chi connectivity index (χ4v) is 2.76. The predicted octanol–water partition coefficient (Wildman–Crippen LogP) is 3.85. The van der Waals surface area contributed by atoms with Gasteiger partial charge in [0.1, 0.15) is 11.6 Å². The van der Waals surface area contributed by atoms with Gasteiger partial charge in [0.05, 0.1) is 0 Å². The van der Waals surface area contributed by atoms with Crippen LogP contribution in [-0.4, -0.2) is 11.9 Å². The molecule has 0 radical (unpaired) electrons. The molecule has 0 heterocycles. The third kappa shape index (κ3) is 4.51. The quantitative estimate of drug-likeness (QED) is 0.654. The number of nitriles is 1. The molecule has 5 heteroatoms. The molecule has 1 aromatic carbocycles. The summed E-state index contributed by atoms with van der Waals surface area (Å²) in [7, 11) is 0. The van der Waals surface area contributed by atoms with Crippen LogP contribution in [0.15, 0.2) is 36.0 Å². The van der Waals surface area contributed by atoms with Gasteiger partial charge < -0.3 is 10.6 Å². The van der Waals surface area contributed by atoms with Crippen LogP contribution in [-0.2, 0) is 4.79 Å². The number of rotatable bonds is 4. The largest absolute Gasteiger partial charge is 0.387 e. The van der Waals surface area contributed by atoms with Crippen LogP contribution in [0, 0.1) is 17.2 Å². The standard InChI is InChI=1S/C17H20ClN3O/c1-12-4-2-3-5-16(12)20-11-13(10-19)17(22)21-15-8-6-14(18)7-9-15/h6-9,11-12,16,20H,2-5H2,1H3,(H,21,22)/b13-11-. The minimum Gasteiger partial charge on any atom is -0.387 e. The van der Waals surface area contributed by atoms with Crippen LogP contribution in [0.5, 0.6) is 0 Å². The third-order valence-electron chi connectivity index (χ3n) is 4.02. The van der Waals surface area contributed by atoms with E-state index in [9.17, 15) is 10.1 Å². The van der Waals surface area contributed by atoms with E-state index in [1.807, 2.05) is 6.07 Å². The number of carbonyl (C=O) groups is 1. The number of carbonyl (C=O) groups excluding carboxylic acids is 1. The van der Waals surface area contributed by atoms with Gasteiger partial charge in [0.25, 0.3) is 5.91 Å². The average Bonchev–Trinajstić information content (AvgIpc) is 2.52. The summed E-state index contributed by atoms with van der Waals surface area (Å²) in [4.78, 5) is 12.1. The summed E-state index contributed by atoms with van der Waals surface area (Å²) in [5.41, 5.74) is 0.689. The lowest BCUT2D eigenvalue weighted by atomic mass is 9.86. The Labute approximate surface area is 136 Å². The maximum absolute atomic E-state index is 12.1. The Morgan fingerprint density at radius 1 is 1.32 bits per heavy atom. The molecule has 1 saturated carbocycles. The highest BCUT2D eigenvalue weighted by atomic mass is 35.5. The van der Waals surface area contributed by atoms with Crippen molar-refractivity contribution in [3.8, 4) is 6.07 Å². The number of hydrogen-bond donors (Lipinski definition) is 2. The van der Waals surface area contributed by atoms with E-state index in [2.05, 4.69) is 17.6 Å². The van der Waals surface area contributed by atoms with Gasteiger partial charge in [-0.15, -0.1) is 0 Å². The fraction of sp³-hybridized carbons (Fsp3) is 0.412. The minimum atomic E-state index is -0.416. The van der Waals surface area contributed by atoms with Crippen LogP contribution in [0.25, 0.3) is 0 Å². The monoisotopic (exact) mass is 317 g/mol. The third-order valence-corrected chi connectivity index (χ3v) is 4.27. The molecule has 2 N–H and O–H groups in total. The molecular formula is C17H20ClN3O. The molecule has 1 amide bonds. The van der Waals surface area contributed by atoms with Gasteiger partial charge in [0.15, 0.2) is 0 Å². The van der Waals surface area contributed by atoms with Gasteiger partial charge in [-0.05, 0) is 43.0 Å². The Morgan fingerprint density at radius 2 is 2.00 bits per heavy atom. The molecule has 2 unspecified atom stereocenters. The molecule has 1 aromatic rings. The van der Waals surface area contributed by atoms with E-state index in [1.165, 1.54) is 25.5 Å². The smallest absolute Gasteiger partial charge is 0.267 e. The highest BCUT2D eigenvalue weighted by Gasteiger charge is 2.20. The summed E-state index contributed by atoms with van der Waals surface area (Å²) in [5.74, 6) is 0.144. The van der Waals surface area contributed by atoms with Crippen molar-refractivity contribution in [3.05, 3.63) is 41.1 Å². The lowest BCUT2D eigenvalue weighted by molar-refractivity contribution is -0.112. The Kier molecular flexibility index (Phi) is 5.85. The van der Waals surface area contributed by atoms with Gasteiger partial charge in [0.2, 0.25) is 0 Å². The summed E-state index contributed by atoms with van der Waals surface area (Å²) in [6, 6.07) is 9.06. The summed E-state index contributed by atoms with van der Waals surface area (Å²) < 4.78 is 0. The Bertz CT molecular complexity index is 589. The molecular weight excluding hydrogens is 298 g/mol. The van der Waals surface area contributed by atoms with Crippen molar-refractivity contribution >= 4 is 23.2 Å². The summed E-state index contributed by atoms with van der Waals surface area (Å²) in [6.45, 7) is 2.20. The van der Waals surface area contributed by atoms with Crippen molar-refractivity contribution in [1.82, 2.24) is 5.32 Å². The topological polar surface area (TPSA) is 64.9 Å². The van der Waals surface area contributed by atoms with Crippen LogP contribution in [0.1, 0.15) is 32.6 Å². The normalized spacial score (nSPS) is 21.8. The number of amides is 1. The van der Waals surface area contributed by atoms with Crippen molar-refractivity contribution < 1.29 is 4.79 Å². The van der Waals surface area contributed by atoms with Gasteiger partial charge in [-0.1, -0.05) is 31.4 Å². The SMILES string of the molecule is CC1CCCCC1N/C=C(/C#N)C(=O)Nc1ccc(Cl)cc1. The molecule has 2 rings (SSSR count). The maximum Gasteiger partial charge on any atom is 0.267 e. The van der Waals surface area contributed by atoms with E-state index in [0.29, 0.717) is 22.7 Å². The molecule has 1 fully saturated rings. The van der Waals surface area contributed by atoms with Crippen molar-refractivity contribution in [2.45, 2.75) is 38.6 Å². The zero-order valence-electron chi connectivity index (χ0n) is 12.6. The van der Waals surface area contributed by atoms with Gasteiger partial charge in [-0.3, -0.25) is 4.79 Å². The lowest BCUT2D eigenvalue weighted by Crippen LogP contribution is -2.34. The summed E-state index contributed by atoms with van der Waals surface area (Å²) in [6.07, 6.45) is 6.25. The first-order chi connectivity index (χ1) is 10.6. The van der Waals surface area contributed by atoms with Gasteiger partial charge in [-0.2, -0.15) is 5.26 Å². The maximum atomic E-state index is 12.1. The zero-order chi connectivity index (χ0) is 15.9. The van der Waals surface area contributed by atoms with Crippen molar-refractivity contribution in [2.75, 3.05) is 5.32 Å². The summed E-state index contributed by atoms with van der Waals surface area (Å²) >= 11 is 5.80. The molecule has 22 heavy (non-hydrogen) atoms. The molecule has 2 atom stereocenters. The van der Waals surface area contributed by atoms with Gasteiger partial charge in [0, 0.05) is 23.0 Å². The number of anilines is 1. The van der Waals surface area contributed by atoms with Crippen molar-refractivity contribution in [1.29, 1.82) is 5.26 Å². The minimum absolute atomic E-state index is 0.0766. The molecule has 0 saturated heterocycles. The van der Waals surface area contributed by atoms with Crippen molar-refractivity contribution in [2.24, 2.45) is 5.92 Å².